The van der Waals surface area contributed by atoms with E-state index in [9.17, 15) is 21.6 Å². The second kappa shape index (κ2) is 10.3. The normalized spacial score (nSPS) is 11.7. The first-order valence-corrected chi connectivity index (χ1v) is 13.4. The number of thiophene rings is 1. The van der Waals surface area contributed by atoms with E-state index in [0.29, 0.717) is 14.6 Å². The van der Waals surface area contributed by atoms with Crippen LogP contribution in [-0.4, -0.2) is 47.7 Å². The third-order valence-electron chi connectivity index (χ3n) is 4.89. The Balaban J connectivity index is 0.000000454. The highest BCUT2D eigenvalue weighted by atomic mass is 32.2. The highest BCUT2D eigenvalue weighted by molar-refractivity contribution is 8.01. The number of nitrogen functional groups attached to an aromatic ring is 1. The van der Waals surface area contributed by atoms with Crippen LogP contribution in [-0.2, 0) is 14.6 Å². The minimum atomic E-state index is -5.08. The van der Waals surface area contributed by atoms with Crippen LogP contribution < -0.4 is 5.73 Å². The quantitative estimate of drug-likeness (QED) is 0.152. The van der Waals surface area contributed by atoms with Gasteiger partial charge in [-0.05, 0) is 42.5 Å². The number of aromatic amines is 1. The van der Waals surface area contributed by atoms with E-state index in [1.54, 1.807) is 18.5 Å². The van der Waals surface area contributed by atoms with Crippen molar-refractivity contribution in [3.63, 3.8) is 0 Å². The van der Waals surface area contributed by atoms with Crippen molar-refractivity contribution in [3.8, 4) is 11.1 Å². The third-order valence-corrected chi connectivity index (χ3v) is 9.21. The van der Waals surface area contributed by atoms with Crippen molar-refractivity contribution in [2.24, 2.45) is 5.73 Å². The zero-order chi connectivity index (χ0) is 26.8. The van der Waals surface area contributed by atoms with Gasteiger partial charge in [0.1, 0.15) is 5.84 Å². The molecule has 0 atom stereocenters. The SMILES string of the molecule is CSc1sc(C(=N)N)cc1S(=O)(=O)c1cc(-c2ccccc2C)c2nc[nH]c2c1.O=C(O)C(F)(F)F. The molecule has 0 amide bonds. The Morgan fingerprint density at radius 1 is 1.19 bits per heavy atom. The Labute approximate surface area is 211 Å². The maximum Gasteiger partial charge on any atom is 0.490 e. The number of nitrogens with one attached hydrogen (secondary N) is 2. The lowest BCUT2D eigenvalue weighted by molar-refractivity contribution is -0.192. The number of halogens is 3. The van der Waals surface area contributed by atoms with E-state index in [-0.39, 0.29) is 15.6 Å². The molecule has 0 unspecified atom stereocenters. The molecule has 4 rings (SSSR count). The predicted molar refractivity (Wildman–Crippen MR) is 133 cm³/mol. The number of benzene rings is 2. The number of alkyl halides is 3. The van der Waals surface area contributed by atoms with Crippen LogP contribution in [0.1, 0.15) is 10.4 Å². The van der Waals surface area contributed by atoms with Gasteiger partial charge in [0.2, 0.25) is 9.84 Å². The number of thioether (sulfide) groups is 1. The highest BCUT2D eigenvalue weighted by Gasteiger charge is 2.38. The highest BCUT2D eigenvalue weighted by Crippen LogP contribution is 2.39. The van der Waals surface area contributed by atoms with E-state index in [4.69, 9.17) is 21.0 Å². The van der Waals surface area contributed by atoms with Crippen LogP contribution in [0.4, 0.5) is 13.2 Å². The molecule has 8 nitrogen and oxygen atoms in total. The van der Waals surface area contributed by atoms with Gasteiger partial charge < -0.3 is 15.8 Å². The monoisotopic (exact) mass is 556 g/mol. The van der Waals surface area contributed by atoms with E-state index in [1.165, 1.54) is 29.2 Å². The van der Waals surface area contributed by atoms with Crippen LogP contribution >= 0.6 is 23.1 Å². The van der Waals surface area contributed by atoms with Crippen molar-refractivity contribution in [3.05, 3.63) is 59.2 Å². The number of aromatic nitrogens is 2. The molecule has 0 aliphatic heterocycles. The van der Waals surface area contributed by atoms with Gasteiger partial charge in [-0.2, -0.15) is 13.2 Å². The number of nitrogens with two attached hydrogens (primary N) is 1. The summed E-state index contributed by atoms with van der Waals surface area (Å²) >= 11 is 2.54. The first kappa shape index (κ1) is 27.2. The van der Waals surface area contributed by atoms with E-state index in [2.05, 4.69) is 9.97 Å². The van der Waals surface area contributed by atoms with E-state index in [1.807, 2.05) is 37.4 Å². The number of rotatable bonds is 5. The number of carbonyl (C=O) groups is 1. The molecule has 14 heteroatoms. The van der Waals surface area contributed by atoms with Gasteiger partial charge in [-0.15, -0.1) is 23.1 Å². The van der Waals surface area contributed by atoms with E-state index >= 15 is 0 Å². The van der Waals surface area contributed by atoms with Crippen molar-refractivity contribution in [1.82, 2.24) is 9.97 Å². The maximum absolute atomic E-state index is 13.5. The van der Waals surface area contributed by atoms with Crippen LogP contribution in [0, 0.1) is 12.3 Å². The minimum Gasteiger partial charge on any atom is -0.475 e. The molecule has 2 aromatic heterocycles. The van der Waals surface area contributed by atoms with Gasteiger partial charge >= 0.3 is 12.1 Å². The number of sulfone groups is 1. The van der Waals surface area contributed by atoms with Gasteiger partial charge in [0.25, 0.3) is 0 Å². The van der Waals surface area contributed by atoms with Crippen LogP contribution in [0.3, 0.4) is 0 Å². The molecule has 0 saturated heterocycles. The van der Waals surface area contributed by atoms with Gasteiger partial charge in [0.15, 0.2) is 0 Å². The maximum atomic E-state index is 13.5. The van der Waals surface area contributed by atoms with E-state index in [0.717, 1.165) is 22.2 Å². The number of hydrogen-bond acceptors (Lipinski definition) is 7. The number of nitrogens with zero attached hydrogens (tertiary/aromatic N) is 1. The van der Waals surface area contributed by atoms with Crippen molar-refractivity contribution in [2.45, 2.75) is 27.1 Å². The Morgan fingerprint density at radius 3 is 2.39 bits per heavy atom. The van der Waals surface area contributed by atoms with Crippen molar-refractivity contribution < 1.29 is 31.5 Å². The predicted octanol–water partition coefficient (Wildman–Crippen LogP) is 5.07. The number of carboxylic acids is 1. The summed E-state index contributed by atoms with van der Waals surface area (Å²) in [5.74, 6) is -2.90. The molecule has 0 radical (unpaired) electrons. The lowest BCUT2D eigenvalue weighted by Crippen LogP contribution is -2.21. The molecule has 0 bridgehead atoms. The molecule has 0 spiro atoms. The van der Waals surface area contributed by atoms with Gasteiger partial charge in [0, 0.05) is 5.56 Å². The summed E-state index contributed by atoms with van der Waals surface area (Å²) in [5.41, 5.74) is 9.68. The molecule has 2 aromatic carbocycles. The zero-order valence-corrected chi connectivity index (χ0v) is 21.1. The fourth-order valence-corrected chi connectivity index (χ4v) is 7.11. The summed E-state index contributed by atoms with van der Waals surface area (Å²) in [6, 6.07) is 12.6. The van der Waals surface area contributed by atoms with Crippen molar-refractivity contribution in [1.29, 1.82) is 5.41 Å². The minimum absolute atomic E-state index is 0.142. The molecular weight excluding hydrogens is 537 g/mol. The van der Waals surface area contributed by atoms with Crippen LogP contribution in [0.15, 0.2) is 62.8 Å². The second-order valence-corrected chi connectivity index (χ2v) is 11.3. The number of aryl methyl sites for hydroxylation is 1. The summed E-state index contributed by atoms with van der Waals surface area (Å²) in [4.78, 5) is 17.1. The Bertz CT molecular complexity index is 1560. The Morgan fingerprint density at radius 2 is 1.83 bits per heavy atom. The lowest BCUT2D eigenvalue weighted by atomic mass is 9.99. The van der Waals surface area contributed by atoms with Crippen LogP contribution in [0.25, 0.3) is 22.2 Å². The number of carboxylic acid groups (broad SMARTS) is 1. The number of amidine groups is 1. The van der Waals surface area contributed by atoms with Gasteiger partial charge in [-0.3, -0.25) is 5.41 Å². The Kier molecular flexibility index (Phi) is 7.81. The first-order chi connectivity index (χ1) is 16.8. The van der Waals surface area contributed by atoms with Crippen LogP contribution in [0.2, 0.25) is 0 Å². The summed E-state index contributed by atoms with van der Waals surface area (Å²) in [7, 11) is -3.82. The van der Waals surface area contributed by atoms with Gasteiger partial charge in [-0.1, -0.05) is 24.3 Å². The molecular formula is C22H19F3N4O4S3. The molecule has 0 aliphatic rings. The summed E-state index contributed by atoms with van der Waals surface area (Å²) in [5, 5.41) is 14.8. The van der Waals surface area contributed by atoms with Crippen molar-refractivity contribution in [2.75, 3.05) is 6.26 Å². The fourth-order valence-electron chi connectivity index (χ4n) is 3.21. The number of aliphatic carboxylic acids is 1. The summed E-state index contributed by atoms with van der Waals surface area (Å²) in [6.45, 7) is 1.98. The smallest absolute Gasteiger partial charge is 0.475 e. The number of hydrogen-bond donors (Lipinski definition) is 4. The Hall–Kier alpha value is -3.36. The molecule has 190 valence electrons. The molecule has 2 heterocycles. The summed E-state index contributed by atoms with van der Waals surface area (Å²) < 4.78 is 59.4. The average Bonchev–Trinajstić information content (AvgIpc) is 3.46. The van der Waals surface area contributed by atoms with E-state index < -0.39 is 22.0 Å². The van der Waals surface area contributed by atoms with Crippen molar-refractivity contribution >= 4 is 55.8 Å². The number of fused-ring (bicyclic) bond motifs is 1. The fraction of sp³-hybridized carbons (Fsp3) is 0.136. The third kappa shape index (κ3) is 5.55. The number of imidazole rings is 1. The zero-order valence-electron chi connectivity index (χ0n) is 18.7. The molecule has 0 saturated carbocycles. The average molecular weight is 557 g/mol. The lowest BCUT2D eigenvalue weighted by Gasteiger charge is -2.11. The topological polar surface area (TPSA) is 150 Å². The largest absolute Gasteiger partial charge is 0.490 e. The molecule has 4 aromatic rings. The molecule has 0 aliphatic carbocycles. The molecule has 5 N–H and O–H groups in total. The van der Waals surface area contributed by atoms with Gasteiger partial charge in [-0.25, -0.2) is 18.2 Å². The summed E-state index contributed by atoms with van der Waals surface area (Å²) in [6.07, 6.45) is -1.71. The second-order valence-electron chi connectivity index (χ2n) is 7.27. The number of H-pyrrole nitrogens is 1. The molecule has 36 heavy (non-hydrogen) atoms. The van der Waals surface area contributed by atoms with Crippen LogP contribution in [0.5, 0.6) is 0 Å². The molecule has 0 fully saturated rings. The standard InChI is InChI=1S/C20H18N4O2S3.C2HF3O2/c1-11-5-3-4-6-13(11)14-7-12(8-15-18(14)24-10-23-15)29(25,26)17-9-16(19(21)22)28-20(17)27-2;3-2(4,5)1(6)7/h3-10H,1-2H3,(H3,21,22)(H,23,24);(H,6,7). The van der Waals surface area contributed by atoms with Gasteiger partial charge in [0.05, 0.1) is 36.2 Å². The first-order valence-electron chi connectivity index (χ1n) is 9.88.